The lowest BCUT2D eigenvalue weighted by atomic mass is 10.1. The number of amides is 1. The van der Waals surface area contributed by atoms with Crippen LogP contribution in [0.15, 0.2) is 47.4 Å². The molecule has 26 heavy (non-hydrogen) atoms. The second kappa shape index (κ2) is 7.13. The zero-order valence-electron chi connectivity index (χ0n) is 14.2. The van der Waals surface area contributed by atoms with Crippen LogP contribution in [0.4, 0.5) is 8.78 Å². The van der Waals surface area contributed by atoms with Crippen LogP contribution < -0.4 is 0 Å². The van der Waals surface area contributed by atoms with Gasteiger partial charge >= 0.3 is 0 Å². The van der Waals surface area contributed by atoms with E-state index in [4.69, 9.17) is 0 Å². The number of carbonyl (C=O) groups is 1. The van der Waals surface area contributed by atoms with Crippen molar-refractivity contribution >= 4 is 15.9 Å². The molecule has 0 bridgehead atoms. The average Bonchev–Trinajstić information content (AvgIpc) is 2.64. The van der Waals surface area contributed by atoms with Gasteiger partial charge in [-0.2, -0.15) is 4.31 Å². The standard InChI is InChI=1S/C18H18F2N2O3S/c1-13-2-4-14(5-3-13)18(23)21-8-10-22(11-9-21)26(24,25)15-6-7-16(19)17(20)12-15/h2-7,12H,8-11H2,1H3. The van der Waals surface area contributed by atoms with E-state index in [0.717, 1.165) is 17.7 Å². The largest absolute Gasteiger partial charge is 0.336 e. The first-order valence-corrected chi connectivity index (χ1v) is 9.54. The first kappa shape index (κ1) is 18.5. The molecule has 0 atom stereocenters. The lowest BCUT2D eigenvalue weighted by molar-refractivity contribution is 0.0698. The van der Waals surface area contributed by atoms with Crippen molar-refractivity contribution in [2.45, 2.75) is 11.8 Å². The van der Waals surface area contributed by atoms with Crippen molar-refractivity contribution in [1.29, 1.82) is 0 Å². The van der Waals surface area contributed by atoms with Crippen LogP contribution in [0.3, 0.4) is 0 Å². The zero-order valence-corrected chi connectivity index (χ0v) is 15.0. The Bertz CT molecular complexity index is 922. The Kier molecular flexibility index (Phi) is 5.06. The first-order valence-electron chi connectivity index (χ1n) is 8.10. The Labute approximate surface area is 150 Å². The van der Waals surface area contributed by atoms with Gasteiger partial charge < -0.3 is 4.90 Å². The summed E-state index contributed by atoms with van der Waals surface area (Å²) < 4.78 is 52.7. The van der Waals surface area contributed by atoms with Gasteiger partial charge in [0.1, 0.15) is 0 Å². The van der Waals surface area contributed by atoms with Gasteiger partial charge in [-0.05, 0) is 37.3 Å². The number of carbonyl (C=O) groups excluding carboxylic acids is 1. The Morgan fingerprint density at radius 2 is 1.54 bits per heavy atom. The van der Waals surface area contributed by atoms with Crippen LogP contribution in [0.2, 0.25) is 0 Å². The molecule has 0 saturated carbocycles. The smallest absolute Gasteiger partial charge is 0.253 e. The maximum absolute atomic E-state index is 13.3. The summed E-state index contributed by atoms with van der Waals surface area (Å²) >= 11 is 0. The van der Waals surface area contributed by atoms with E-state index in [1.165, 1.54) is 4.31 Å². The van der Waals surface area contributed by atoms with Crippen LogP contribution in [-0.4, -0.2) is 49.7 Å². The average molecular weight is 380 g/mol. The second-order valence-electron chi connectivity index (χ2n) is 6.14. The second-order valence-corrected chi connectivity index (χ2v) is 8.08. The van der Waals surface area contributed by atoms with Crippen LogP contribution in [0.5, 0.6) is 0 Å². The minimum absolute atomic E-state index is 0.0962. The van der Waals surface area contributed by atoms with Crippen molar-refractivity contribution in [2.24, 2.45) is 0 Å². The van der Waals surface area contributed by atoms with Crippen molar-refractivity contribution in [3.63, 3.8) is 0 Å². The van der Waals surface area contributed by atoms with Gasteiger partial charge in [0.25, 0.3) is 5.91 Å². The molecule has 0 aliphatic carbocycles. The van der Waals surface area contributed by atoms with Gasteiger partial charge in [-0.3, -0.25) is 4.79 Å². The predicted octanol–water partition coefficient (Wildman–Crippen LogP) is 2.42. The van der Waals surface area contributed by atoms with Crippen molar-refractivity contribution in [3.05, 3.63) is 65.2 Å². The van der Waals surface area contributed by atoms with Crippen molar-refractivity contribution in [1.82, 2.24) is 9.21 Å². The molecule has 1 saturated heterocycles. The van der Waals surface area contributed by atoms with Crippen LogP contribution in [0.25, 0.3) is 0 Å². The molecule has 0 aromatic heterocycles. The van der Waals surface area contributed by atoms with E-state index in [9.17, 15) is 22.0 Å². The molecule has 5 nitrogen and oxygen atoms in total. The molecule has 8 heteroatoms. The number of rotatable bonds is 3. The number of halogens is 2. The van der Waals surface area contributed by atoms with Crippen molar-refractivity contribution in [2.75, 3.05) is 26.2 Å². The van der Waals surface area contributed by atoms with Crippen molar-refractivity contribution < 1.29 is 22.0 Å². The van der Waals surface area contributed by atoms with Crippen LogP contribution >= 0.6 is 0 Å². The van der Waals surface area contributed by atoms with Crippen LogP contribution in [-0.2, 0) is 10.0 Å². The van der Waals surface area contributed by atoms with E-state index >= 15 is 0 Å². The Hall–Kier alpha value is -2.32. The Morgan fingerprint density at radius 3 is 2.12 bits per heavy atom. The molecular formula is C18H18F2N2O3S. The number of benzene rings is 2. The van der Waals surface area contributed by atoms with Crippen LogP contribution in [0.1, 0.15) is 15.9 Å². The highest BCUT2D eigenvalue weighted by molar-refractivity contribution is 7.89. The number of hydrogen-bond donors (Lipinski definition) is 0. The summed E-state index contributed by atoms with van der Waals surface area (Å²) in [7, 11) is -3.93. The summed E-state index contributed by atoms with van der Waals surface area (Å²) in [6.45, 7) is 2.58. The molecule has 2 aromatic carbocycles. The molecule has 1 aliphatic heterocycles. The number of sulfonamides is 1. The van der Waals surface area contributed by atoms with Crippen LogP contribution in [0, 0.1) is 18.6 Å². The summed E-state index contributed by atoms with van der Waals surface area (Å²) in [5.74, 6) is -2.47. The van der Waals surface area contributed by atoms with E-state index in [-0.39, 0.29) is 37.0 Å². The molecule has 138 valence electrons. The Balaban J connectivity index is 1.70. The molecule has 1 amide bonds. The SMILES string of the molecule is Cc1ccc(C(=O)N2CCN(S(=O)(=O)c3ccc(F)c(F)c3)CC2)cc1. The summed E-state index contributed by atoms with van der Waals surface area (Å²) in [6, 6.07) is 9.67. The van der Waals surface area contributed by atoms with Gasteiger partial charge in [0.2, 0.25) is 10.0 Å². The molecule has 0 N–H and O–H groups in total. The van der Waals surface area contributed by atoms with E-state index in [1.54, 1.807) is 17.0 Å². The van der Waals surface area contributed by atoms with Gasteiger partial charge in [-0.25, -0.2) is 17.2 Å². The van der Waals surface area contributed by atoms with E-state index in [1.807, 2.05) is 19.1 Å². The van der Waals surface area contributed by atoms with E-state index < -0.39 is 21.7 Å². The lowest BCUT2D eigenvalue weighted by Gasteiger charge is -2.34. The number of nitrogens with zero attached hydrogens (tertiary/aromatic N) is 2. The predicted molar refractivity (Wildman–Crippen MR) is 92.2 cm³/mol. The minimum atomic E-state index is -3.93. The number of aryl methyl sites for hydroxylation is 1. The van der Waals surface area contributed by atoms with Gasteiger partial charge in [0.15, 0.2) is 11.6 Å². The molecule has 0 spiro atoms. The third kappa shape index (κ3) is 3.61. The molecule has 3 rings (SSSR count). The van der Waals surface area contributed by atoms with E-state index in [2.05, 4.69) is 0 Å². The topological polar surface area (TPSA) is 57.7 Å². The third-order valence-corrected chi connectivity index (χ3v) is 6.25. The summed E-state index contributed by atoms with van der Waals surface area (Å²) in [5, 5.41) is 0. The van der Waals surface area contributed by atoms with Gasteiger partial charge in [0, 0.05) is 31.7 Å². The maximum atomic E-state index is 13.3. The summed E-state index contributed by atoms with van der Waals surface area (Å²) in [4.78, 5) is 13.8. The van der Waals surface area contributed by atoms with Crippen molar-refractivity contribution in [3.8, 4) is 0 Å². The van der Waals surface area contributed by atoms with Gasteiger partial charge in [0.05, 0.1) is 4.90 Å². The minimum Gasteiger partial charge on any atom is -0.336 e. The highest BCUT2D eigenvalue weighted by atomic mass is 32.2. The number of hydrogen-bond acceptors (Lipinski definition) is 3. The molecule has 1 fully saturated rings. The fourth-order valence-corrected chi connectivity index (χ4v) is 4.23. The van der Waals surface area contributed by atoms with Gasteiger partial charge in [-0.1, -0.05) is 17.7 Å². The first-order chi connectivity index (χ1) is 12.3. The molecule has 1 heterocycles. The fraction of sp³-hybridized carbons (Fsp3) is 0.278. The Morgan fingerprint density at radius 1 is 0.923 bits per heavy atom. The molecule has 0 radical (unpaired) electrons. The van der Waals surface area contributed by atoms with Gasteiger partial charge in [-0.15, -0.1) is 0 Å². The summed E-state index contributed by atoms with van der Waals surface area (Å²) in [5.41, 5.74) is 1.59. The number of piperazine rings is 1. The molecule has 0 unspecified atom stereocenters. The third-order valence-electron chi connectivity index (χ3n) is 4.35. The highest BCUT2D eigenvalue weighted by Crippen LogP contribution is 2.20. The fourth-order valence-electron chi connectivity index (χ4n) is 2.80. The normalized spacial score (nSPS) is 15.9. The highest BCUT2D eigenvalue weighted by Gasteiger charge is 2.31. The lowest BCUT2D eigenvalue weighted by Crippen LogP contribution is -2.50. The zero-order chi connectivity index (χ0) is 18.9. The maximum Gasteiger partial charge on any atom is 0.253 e. The quantitative estimate of drug-likeness (QED) is 0.822. The molecular weight excluding hydrogens is 362 g/mol. The molecule has 1 aliphatic rings. The monoisotopic (exact) mass is 380 g/mol. The summed E-state index contributed by atoms with van der Waals surface area (Å²) in [6.07, 6.45) is 0. The van der Waals surface area contributed by atoms with E-state index in [0.29, 0.717) is 11.6 Å². The molecule has 2 aromatic rings.